The summed E-state index contributed by atoms with van der Waals surface area (Å²) in [6.07, 6.45) is 0. The van der Waals surface area contributed by atoms with E-state index in [4.69, 9.17) is 9.47 Å². The van der Waals surface area contributed by atoms with Crippen LogP contribution in [0.2, 0.25) is 0 Å². The van der Waals surface area contributed by atoms with Crippen LogP contribution < -0.4 is 5.32 Å². The lowest BCUT2D eigenvalue weighted by Gasteiger charge is -2.32. The zero-order valence-corrected chi connectivity index (χ0v) is 18.1. The largest absolute Gasteiger partial charge is 0.453 e. The highest BCUT2D eigenvalue weighted by molar-refractivity contribution is 5.94. The average Bonchev–Trinajstić information content (AvgIpc) is 2.79. The first-order valence-corrected chi connectivity index (χ1v) is 10.3. The monoisotopic (exact) mass is 417 g/mol. The molecule has 5 heteroatoms. The van der Waals surface area contributed by atoms with Crippen LogP contribution >= 0.6 is 0 Å². The van der Waals surface area contributed by atoms with Crippen molar-refractivity contribution >= 4 is 17.6 Å². The van der Waals surface area contributed by atoms with Crippen molar-refractivity contribution in [2.24, 2.45) is 0 Å². The minimum Gasteiger partial charge on any atom is -0.453 e. The van der Waals surface area contributed by atoms with E-state index < -0.39 is 24.1 Å². The molecule has 0 atom stereocenters. The number of hydrogen-bond acceptors (Lipinski definition) is 4. The van der Waals surface area contributed by atoms with Crippen molar-refractivity contribution in [3.63, 3.8) is 0 Å². The van der Waals surface area contributed by atoms with Gasteiger partial charge in [0.2, 0.25) is 5.60 Å². The summed E-state index contributed by atoms with van der Waals surface area (Å²) in [7, 11) is 0. The van der Waals surface area contributed by atoms with Crippen molar-refractivity contribution in [1.29, 1.82) is 0 Å². The molecule has 3 aromatic carbocycles. The highest BCUT2D eigenvalue weighted by Crippen LogP contribution is 2.35. The van der Waals surface area contributed by atoms with Gasteiger partial charge in [0.05, 0.1) is 0 Å². The maximum atomic E-state index is 13.4. The number of aryl methyl sites for hydroxylation is 2. The van der Waals surface area contributed by atoms with E-state index in [0.29, 0.717) is 16.8 Å². The molecule has 0 aliphatic heterocycles. The summed E-state index contributed by atoms with van der Waals surface area (Å²) in [5.74, 6) is -1.05. The summed E-state index contributed by atoms with van der Waals surface area (Å²) in [6, 6.07) is 24.1. The molecule has 0 bridgehead atoms. The molecule has 160 valence electrons. The van der Waals surface area contributed by atoms with Gasteiger partial charge in [0, 0.05) is 12.3 Å². The van der Waals surface area contributed by atoms with Crippen molar-refractivity contribution in [2.45, 2.75) is 26.4 Å². The topological polar surface area (TPSA) is 64.6 Å². The van der Waals surface area contributed by atoms with Crippen LogP contribution in [0.15, 0.2) is 78.9 Å². The molecule has 0 aliphatic rings. The van der Waals surface area contributed by atoms with Crippen molar-refractivity contribution in [2.75, 3.05) is 18.5 Å². The third-order valence-electron chi connectivity index (χ3n) is 5.00. The van der Waals surface area contributed by atoms with Gasteiger partial charge in [-0.1, -0.05) is 78.4 Å². The Bertz CT molecular complexity index is 992. The fourth-order valence-corrected chi connectivity index (χ4v) is 3.56. The van der Waals surface area contributed by atoms with Gasteiger partial charge >= 0.3 is 5.97 Å². The summed E-state index contributed by atoms with van der Waals surface area (Å²) in [4.78, 5) is 25.9. The van der Waals surface area contributed by atoms with Crippen LogP contribution in [0.1, 0.15) is 29.2 Å². The molecule has 31 heavy (non-hydrogen) atoms. The lowest BCUT2D eigenvalue weighted by molar-refractivity contribution is -0.169. The Balaban J connectivity index is 1.84. The highest BCUT2D eigenvalue weighted by Gasteiger charge is 2.45. The summed E-state index contributed by atoms with van der Waals surface area (Å²) in [5, 5.41) is 2.80. The molecule has 0 fully saturated rings. The quantitative estimate of drug-likeness (QED) is 0.537. The molecule has 3 rings (SSSR count). The Morgan fingerprint density at radius 2 is 1.45 bits per heavy atom. The first-order chi connectivity index (χ1) is 15.0. The standard InChI is InChI=1S/C26H27NO4/c1-4-31-26(21-11-7-5-8-12-21,22-13-9-6-10-14-22)25(29)30-18-24(28)27-23-16-15-19(2)17-20(23)3/h5-17H,4,18H2,1-3H3,(H,27,28). The predicted molar refractivity (Wildman–Crippen MR) is 121 cm³/mol. The van der Waals surface area contributed by atoms with Crippen LogP contribution in [-0.4, -0.2) is 25.1 Å². The number of amides is 1. The van der Waals surface area contributed by atoms with E-state index in [-0.39, 0.29) is 6.61 Å². The lowest BCUT2D eigenvalue weighted by atomic mass is 9.86. The predicted octanol–water partition coefficient (Wildman–Crippen LogP) is 4.77. The number of hydrogen-bond donors (Lipinski definition) is 1. The SMILES string of the molecule is CCOC(C(=O)OCC(=O)Nc1ccc(C)cc1C)(c1ccccc1)c1ccccc1. The molecule has 5 nitrogen and oxygen atoms in total. The average molecular weight is 418 g/mol. The Morgan fingerprint density at radius 3 is 1.97 bits per heavy atom. The van der Waals surface area contributed by atoms with Gasteiger partial charge in [-0.2, -0.15) is 0 Å². The van der Waals surface area contributed by atoms with Crippen LogP contribution in [-0.2, 0) is 24.7 Å². The summed E-state index contributed by atoms with van der Waals surface area (Å²) >= 11 is 0. The van der Waals surface area contributed by atoms with Crippen molar-refractivity contribution in [3.05, 3.63) is 101 Å². The molecule has 0 spiro atoms. The number of nitrogens with one attached hydrogen (secondary N) is 1. The van der Waals surface area contributed by atoms with Gasteiger partial charge < -0.3 is 14.8 Å². The van der Waals surface area contributed by atoms with Gasteiger partial charge in [-0.05, 0) is 43.5 Å². The van der Waals surface area contributed by atoms with Gasteiger partial charge in [-0.15, -0.1) is 0 Å². The Kier molecular flexibility index (Phi) is 7.21. The van der Waals surface area contributed by atoms with Crippen molar-refractivity contribution in [3.8, 4) is 0 Å². The number of esters is 1. The molecule has 0 saturated carbocycles. The minimum absolute atomic E-state index is 0.285. The van der Waals surface area contributed by atoms with Crippen LogP contribution in [0, 0.1) is 13.8 Å². The van der Waals surface area contributed by atoms with E-state index in [1.807, 2.05) is 99.6 Å². The fourth-order valence-electron chi connectivity index (χ4n) is 3.56. The molecule has 0 aliphatic carbocycles. The van der Waals surface area contributed by atoms with Crippen LogP contribution in [0.5, 0.6) is 0 Å². The molecule has 3 aromatic rings. The smallest absolute Gasteiger partial charge is 0.348 e. The second kappa shape index (κ2) is 10.0. The molecule has 1 N–H and O–H groups in total. The van der Waals surface area contributed by atoms with Crippen molar-refractivity contribution in [1.82, 2.24) is 0 Å². The molecule has 0 aromatic heterocycles. The first-order valence-electron chi connectivity index (χ1n) is 10.3. The van der Waals surface area contributed by atoms with E-state index in [1.54, 1.807) is 0 Å². The van der Waals surface area contributed by atoms with Crippen LogP contribution in [0.25, 0.3) is 0 Å². The van der Waals surface area contributed by atoms with Crippen LogP contribution in [0.4, 0.5) is 5.69 Å². The van der Waals surface area contributed by atoms with Crippen molar-refractivity contribution < 1.29 is 19.1 Å². The molecule has 0 radical (unpaired) electrons. The summed E-state index contributed by atoms with van der Waals surface area (Å²) < 4.78 is 11.5. The molecule has 1 amide bonds. The van der Waals surface area contributed by atoms with Gasteiger partial charge in [0.1, 0.15) is 0 Å². The Labute approximate surface area is 183 Å². The van der Waals surface area contributed by atoms with E-state index in [2.05, 4.69) is 5.32 Å². The number of ether oxygens (including phenoxy) is 2. The maximum Gasteiger partial charge on any atom is 0.348 e. The Hall–Kier alpha value is -3.44. The normalized spacial score (nSPS) is 11.1. The molecular formula is C26H27NO4. The zero-order chi connectivity index (χ0) is 22.3. The fraction of sp³-hybridized carbons (Fsp3) is 0.231. The minimum atomic E-state index is -1.46. The zero-order valence-electron chi connectivity index (χ0n) is 18.1. The molecule has 0 saturated heterocycles. The Morgan fingerprint density at radius 1 is 0.871 bits per heavy atom. The number of carbonyl (C=O) groups is 2. The lowest BCUT2D eigenvalue weighted by Crippen LogP contribution is -2.42. The first kappa shape index (κ1) is 22.2. The number of anilines is 1. The van der Waals surface area contributed by atoms with E-state index in [9.17, 15) is 9.59 Å². The third kappa shape index (κ3) is 5.01. The van der Waals surface area contributed by atoms with Crippen LogP contribution in [0.3, 0.4) is 0 Å². The van der Waals surface area contributed by atoms with Gasteiger partial charge in [0.25, 0.3) is 5.91 Å². The molecule has 0 unspecified atom stereocenters. The number of carbonyl (C=O) groups excluding carboxylic acids is 2. The summed E-state index contributed by atoms with van der Waals surface area (Å²) in [6.45, 7) is 5.59. The number of benzene rings is 3. The molecule has 0 heterocycles. The second-order valence-corrected chi connectivity index (χ2v) is 7.29. The maximum absolute atomic E-state index is 13.4. The van der Waals surface area contributed by atoms with Gasteiger partial charge in [-0.25, -0.2) is 4.79 Å². The van der Waals surface area contributed by atoms with E-state index in [1.165, 1.54) is 0 Å². The van der Waals surface area contributed by atoms with Gasteiger partial charge in [0.15, 0.2) is 6.61 Å². The van der Waals surface area contributed by atoms with E-state index >= 15 is 0 Å². The second-order valence-electron chi connectivity index (χ2n) is 7.29. The highest BCUT2D eigenvalue weighted by atomic mass is 16.6. The number of rotatable bonds is 8. The van der Waals surface area contributed by atoms with E-state index in [0.717, 1.165) is 11.1 Å². The summed E-state index contributed by atoms with van der Waals surface area (Å²) in [5.41, 5.74) is 2.56. The third-order valence-corrected chi connectivity index (χ3v) is 5.00. The van der Waals surface area contributed by atoms with Gasteiger partial charge in [-0.3, -0.25) is 4.79 Å². The molecular weight excluding hydrogens is 390 g/mol.